The summed E-state index contributed by atoms with van der Waals surface area (Å²) in [6, 6.07) is 7.99. The van der Waals surface area contributed by atoms with Gasteiger partial charge < -0.3 is 14.8 Å². The number of ether oxygens (including phenoxy) is 2. The molecule has 0 unspecified atom stereocenters. The van der Waals surface area contributed by atoms with Crippen molar-refractivity contribution in [3.05, 3.63) is 59.2 Å². The van der Waals surface area contributed by atoms with E-state index in [0.717, 1.165) is 30.2 Å². The molecule has 1 N–H and O–H groups in total. The number of carbonyl (C=O) groups is 1. The number of hydrogen-bond donors (Lipinski definition) is 1. The fourth-order valence-corrected chi connectivity index (χ4v) is 2.12. The smallest absolute Gasteiger partial charge is 0.251 e. The molecule has 0 atom stereocenters. The highest BCUT2D eigenvalue weighted by Crippen LogP contribution is 2.28. The highest BCUT2D eigenvalue weighted by Gasteiger charge is 2.10. The summed E-state index contributed by atoms with van der Waals surface area (Å²) in [6.45, 7) is 2.78. The maximum Gasteiger partial charge on any atom is 0.251 e. The lowest BCUT2D eigenvalue weighted by molar-refractivity contribution is 0.0950. The summed E-state index contributed by atoms with van der Waals surface area (Å²) in [6.07, 6.45) is 0.880. The second-order valence-electron chi connectivity index (χ2n) is 5.17. The Morgan fingerprint density at radius 2 is 1.79 bits per heavy atom. The van der Waals surface area contributed by atoms with Crippen LogP contribution in [0, 0.1) is 11.6 Å². The van der Waals surface area contributed by atoms with Crippen LogP contribution in [0.25, 0.3) is 0 Å². The molecule has 0 aliphatic carbocycles. The van der Waals surface area contributed by atoms with Crippen LogP contribution in [0.3, 0.4) is 0 Å². The zero-order valence-corrected chi connectivity index (χ0v) is 13.6. The minimum Gasteiger partial charge on any atom is -0.493 e. The van der Waals surface area contributed by atoms with Crippen molar-refractivity contribution < 1.29 is 23.0 Å². The van der Waals surface area contributed by atoms with Gasteiger partial charge in [0.1, 0.15) is 11.6 Å². The SMILES string of the molecule is CCCOc1ccc(CNC(=O)c2cc(F)cc(F)c2)cc1OC. The Bertz CT molecular complexity index is 699. The van der Waals surface area contributed by atoms with Crippen molar-refractivity contribution in [2.75, 3.05) is 13.7 Å². The second kappa shape index (κ2) is 8.29. The van der Waals surface area contributed by atoms with E-state index < -0.39 is 17.5 Å². The summed E-state index contributed by atoms with van der Waals surface area (Å²) in [5.41, 5.74) is 0.711. The number of hydrogen-bond acceptors (Lipinski definition) is 3. The van der Waals surface area contributed by atoms with Crippen molar-refractivity contribution in [1.29, 1.82) is 0 Å². The number of nitrogens with one attached hydrogen (secondary N) is 1. The van der Waals surface area contributed by atoms with E-state index in [-0.39, 0.29) is 12.1 Å². The van der Waals surface area contributed by atoms with Gasteiger partial charge in [-0.3, -0.25) is 4.79 Å². The fourth-order valence-electron chi connectivity index (χ4n) is 2.12. The molecule has 0 radical (unpaired) electrons. The van der Waals surface area contributed by atoms with Gasteiger partial charge in [-0.25, -0.2) is 8.78 Å². The third kappa shape index (κ3) is 4.68. The average Bonchev–Trinajstić information content (AvgIpc) is 2.57. The normalized spacial score (nSPS) is 10.3. The van der Waals surface area contributed by atoms with Crippen LogP contribution >= 0.6 is 0 Å². The van der Waals surface area contributed by atoms with Gasteiger partial charge in [-0.1, -0.05) is 13.0 Å². The van der Waals surface area contributed by atoms with E-state index in [9.17, 15) is 13.6 Å². The Morgan fingerprint density at radius 1 is 1.08 bits per heavy atom. The van der Waals surface area contributed by atoms with E-state index in [1.807, 2.05) is 6.92 Å². The second-order valence-corrected chi connectivity index (χ2v) is 5.17. The highest BCUT2D eigenvalue weighted by atomic mass is 19.1. The van der Waals surface area contributed by atoms with Crippen molar-refractivity contribution in [1.82, 2.24) is 5.32 Å². The molecule has 128 valence electrons. The number of methoxy groups -OCH3 is 1. The Hall–Kier alpha value is -2.63. The molecule has 0 heterocycles. The first-order valence-corrected chi connectivity index (χ1v) is 7.57. The molecule has 4 nitrogen and oxygen atoms in total. The molecule has 2 aromatic carbocycles. The minimum atomic E-state index is -0.792. The predicted molar refractivity (Wildman–Crippen MR) is 86.3 cm³/mol. The molecule has 6 heteroatoms. The Balaban J connectivity index is 2.04. The minimum absolute atomic E-state index is 0.0673. The van der Waals surface area contributed by atoms with Gasteiger partial charge in [0.2, 0.25) is 0 Å². The average molecular weight is 335 g/mol. The van der Waals surface area contributed by atoms with E-state index in [2.05, 4.69) is 5.32 Å². The van der Waals surface area contributed by atoms with Gasteiger partial charge >= 0.3 is 0 Å². The Kier molecular flexibility index (Phi) is 6.12. The summed E-state index contributed by atoms with van der Waals surface area (Å²) < 4.78 is 37.1. The van der Waals surface area contributed by atoms with Crippen molar-refractivity contribution in [2.45, 2.75) is 19.9 Å². The van der Waals surface area contributed by atoms with E-state index in [1.54, 1.807) is 18.2 Å². The molecule has 0 spiro atoms. The van der Waals surface area contributed by atoms with Crippen LogP contribution in [0.1, 0.15) is 29.3 Å². The summed E-state index contributed by atoms with van der Waals surface area (Å²) in [5.74, 6) is -0.953. The molecule has 2 rings (SSSR count). The highest BCUT2D eigenvalue weighted by molar-refractivity contribution is 5.94. The maximum absolute atomic E-state index is 13.1. The Labute approximate surface area is 139 Å². The van der Waals surface area contributed by atoms with Crippen LogP contribution in [0.2, 0.25) is 0 Å². The standard InChI is InChI=1S/C18H19F2NO3/c1-3-6-24-16-5-4-12(7-17(16)23-2)11-21-18(22)13-8-14(19)10-15(20)9-13/h4-5,7-10H,3,6,11H2,1-2H3,(H,21,22). The van der Waals surface area contributed by atoms with Gasteiger partial charge in [0.05, 0.1) is 13.7 Å². The zero-order valence-electron chi connectivity index (χ0n) is 13.6. The number of benzene rings is 2. The molecule has 0 fully saturated rings. The quantitative estimate of drug-likeness (QED) is 0.839. The number of halogens is 2. The molecule has 2 aromatic rings. The van der Waals surface area contributed by atoms with Crippen molar-refractivity contribution in [3.63, 3.8) is 0 Å². The Morgan fingerprint density at radius 3 is 2.42 bits per heavy atom. The number of carbonyl (C=O) groups excluding carboxylic acids is 1. The van der Waals surface area contributed by atoms with Gasteiger partial charge in [0, 0.05) is 18.2 Å². The largest absolute Gasteiger partial charge is 0.493 e. The summed E-state index contributed by atoms with van der Waals surface area (Å²) in [4.78, 5) is 12.0. The third-order valence-electron chi connectivity index (χ3n) is 3.27. The van der Waals surface area contributed by atoms with Crippen molar-refractivity contribution in [3.8, 4) is 11.5 Å². The van der Waals surface area contributed by atoms with Crippen LogP contribution < -0.4 is 14.8 Å². The first-order valence-electron chi connectivity index (χ1n) is 7.57. The molecule has 0 saturated heterocycles. The molecule has 0 bridgehead atoms. The van der Waals surface area contributed by atoms with E-state index >= 15 is 0 Å². The summed E-state index contributed by atoms with van der Waals surface area (Å²) >= 11 is 0. The lowest BCUT2D eigenvalue weighted by Gasteiger charge is -2.12. The number of rotatable bonds is 7. The van der Waals surface area contributed by atoms with Gasteiger partial charge in [-0.15, -0.1) is 0 Å². The van der Waals surface area contributed by atoms with E-state index in [1.165, 1.54) is 7.11 Å². The molecule has 1 amide bonds. The first-order chi connectivity index (χ1) is 11.5. The van der Waals surface area contributed by atoms with Gasteiger partial charge in [0.25, 0.3) is 5.91 Å². The van der Waals surface area contributed by atoms with Crippen molar-refractivity contribution in [2.24, 2.45) is 0 Å². The molecular weight excluding hydrogens is 316 g/mol. The van der Waals surface area contributed by atoms with Crippen LogP contribution in [0.5, 0.6) is 11.5 Å². The van der Waals surface area contributed by atoms with E-state index in [0.29, 0.717) is 18.1 Å². The third-order valence-corrected chi connectivity index (χ3v) is 3.27. The van der Waals surface area contributed by atoms with Gasteiger partial charge in [0.15, 0.2) is 11.5 Å². The van der Waals surface area contributed by atoms with Crippen molar-refractivity contribution >= 4 is 5.91 Å². The molecule has 24 heavy (non-hydrogen) atoms. The fraction of sp³-hybridized carbons (Fsp3) is 0.278. The number of amides is 1. The molecule has 0 aromatic heterocycles. The summed E-state index contributed by atoms with van der Waals surface area (Å²) in [7, 11) is 1.53. The zero-order chi connectivity index (χ0) is 17.5. The van der Waals surface area contributed by atoms with Gasteiger partial charge in [-0.05, 0) is 36.2 Å². The van der Waals surface area contributed by atoms with E-state index in [4.69, 9.17) is 9.47 Å². The molecular formula is C18H19F2NO3. The first kappa shape index (κ1) is 17.7. The lowest BCUT2D eigenvalue weighted by Crippen LogP contribution is -2.23. The molecule has 0 aliphatic heterocycles. The van der Waals surface area contributed by atoms with Gasteiger partial charge in [-0.2, -0.15) is 0 Å². The maximum atomic E-state index is 13.1. The van der Waals surface area contributed by atoms with Crippen LogP contribution in [0.4, 0.5) is 8.78 Å². The topological polar surface area (TPSA) is 47.6 Å². The summed E-state index contributed by atoms with van der Waals surface area (Å²) in [5, 5.41) is 2.61. The molecule has 0 saturated carbocycles. The van der Waals surface area contributed by atoms with Crippen LogP contribution in [-0.4, -0.2) is 19.6 Å². The lowest BCUT2D eigenvalue weighted by atomic mass is 10.1. The molecule has 0 aliphatic rings. The van der Waals surface area contributed by atoms with Crippen LogP contribution in [0.15, 0.2) is 36.4 Å². The van der Waals surface area contributed by atoms with Crippen LogP contribution in [-0.2, 0) is 6.54 Å². The predicted octanol–water partition coefficient (Wildman–Crippen LogP) is 3.69. The monoisotopic (exact) mass is 335 g/mol.